The van der Waals surface area contributed by atoms with Crippen molar-refractivity contribution in [2.24, 2.45) is 0 Å². The number of aromatic nitrogens is 1. The zero-order valence-corrected chi connectivity index (χ0v) is 28.9. The molecule has 268 valence electrons. The van der Waals surface area contributed by atoms with Crippen molar-refractivity contribution in [1.82, 2.24) is 19.7 Å². The first-order valence-electron chi connectivity index (χ1n) is 16.3. The highest BCUT2D eigenvalue weighted by atomic mass is 32.2. The maximum atomic E-state index is 14.9. The molecule has 3 aliphatic rings. The van der Waals surface area contributed by atoms with Crippen molar-refractivity contribution in [3.05, 3.63) is 71.4 Å². The first kappa shape index (κ1) is 35.3. The van der Waals surface area contributed by atoms with Crippen LogP contribution in [0.1, 0.15) is 42.9 Å². The van der Waals surface area contributed by atoms with Gasteiger partial charge in [-0.15, -0.1) is 0 Å². The highest BCUT2D eigenvalue weighted by Gasteiger charge is 2.53. The third-order valence-corrected chi connectivity index (χ3v) is 10.8. The van der Waals surface area contributed by atoms with Gasteiger partial charge >= 0.3 is 16.2 Å². The van der Waals surface area contributed by atoms with Crippen LogP contribution in [0.25, 0.3) is 0 Å². The van der Waals surface area contributed by atoms with E-state index in [4.69, 9.17) is 18.4 Å². The maximum absolute atomic E-state index is 14.9. The van der Waals surface area contributed by atoms with E-state index < -0.39 is 56.7 Å². The molecule has 16 heteroatoms. The number of fused-ring (bicyclic) bond motifs is 1. The molecule has 3 atom stereocenters. The number of amides is 2. The second-order valence-electron chi connectivity index (χ2n) is 12.4. The fourth-order valence-electron chi connectivity index (χ4n) is 7.22. The van der Waals surface area contributed by atoms with Crippen LogP contribution in [0.2, 0.25) is 0 Å². The quantitative estimate of drug-likeness (QED) is 0.320. The van der Waals surface area contributed by atoms with Crippen molar-refractivity contribution < 1.29 is 45.2 Å². The number of benzene rings is 2. The Labute approximate surface area is 289 Å². The topological polar surface area (TPSA) is 140 Å². The minimum absolute atomic E-state index is 0.00673. The molecule has 1 aromatic heterocycles. The zero-order chi connectivity index (χ0) is 35.7. The number of anilines is 1. The van der Waals surface area contributed by atoms with Gasteiger partial charge in [0.05, 0.1) is 38.8 Å². The van der Waals surface area contributed by atoms with Gasteiger partial charge in [0, 0.05) is 48.7 Å². The number of carbonyl (C=O) groups excluding carboxylic acids is 2. The van der Waals surface area contributed by atoms with Gasteiger partial charge in [0.15, 0.2) is 11.6 Å². The molecule has 0 radical (unpaired) electrons. The standard InChI is InChI=1S/C34H39F2N5O8S/c1-5-48-33-22(7-6-12-37-33)30-31(29-23-18-24(35)25(36)19-26(23)38-32(29)42)41(16-15-40(30)20-10-13-39(2)14-11-20)34(43)49-50(44,45)28-9-8-21(46-3)17-27(28)47-4/h6-9,12,17-20,29-31H,5,10-11,13-16H2,1-4H3,(H,38,42). The average Bonchev–Trinajstić information content (AvgIpc) is 3.41. The van der Waals surface area contributed by atoms with Crippen molar-refractivity contribution in [2.75, 3.05) is 59.4 Å². The summed E-state index contributed by atoms with van der Waals surface area (Å²) in [5.74, 6) is -3.75. The number of nitrogens with zero attached hydrogens (tertiary/aromatic N) is 4. The van der Waals surface area contributed by atoms with Gasteiger partial charge in [-0.1, -0.05) is 6.07 Å². The molecule has 2 saturated heterocycles. The largest absolute Gasteiger partial charge is 0.497 e. The van der Waals surface area contributed by atoms with Crippen LogP contribution in [-0.4, -0.2) is 106 Å². The first-order chi connectivity index (χ1) is 24.0. The third kappa shape index (κ3) is 6.66. The Balaban J connectivity index is 1.49. The van der Waals surface area contributed by atoms with Crippen LogP contribution < -0.4 is 19.5 Å². The first-order valence-corrected chi connectivity index (χ1v) is 17.7. The van der Waals surface area contributed by atoms with Crippen LogP contribution in [-0.2, 0) is 19.1 Å². The van der Waals surface area contributed by atoms with E-state index >= 15 is 0 Å². The van der Waals surface area contributed by atoms with Crippen LogP contribution in [0.4, 0.5) is 19.3 Å². The normalized spacial score (nSPS) is 21.8. The number of piperidine rings is 1. The summed E-state index contributed by atoms with van der Waals surface area (Å²) in [7, 11) is -0.0861. The summed E-state index contributed by atoms with van der Waals surface area (Å²) in [5.41, 5.74) is 0.710. The lowest BCUT2D eigenvalue weighted by Crippen LogP contribution is -2.62. The summed E-state index contributed by atoms with van der Waals surface area (Å²) in [6.07, 6.45) is 1.84. The van der Waals surface area contributed by atoms with Crippen molar-refractivity contribution in [3.63, 3.8) is 0 Å². The van der Waals surface area contributed by atoms with Crippen molar-refractivity contribution in [1.29, 1.82) is 0 Å². The molecule has 6 rings (SSSR count). The van der Waals surface area contributed by atoms with Crippen molar-refractivity contribution in [2.45, 2.75) is 48.7 Å². The Bertz CT molecular complexity index is 1870. The summed E-state index contributed by atoms with van der Waals surface area (Å²) in [4.78, 5) is 37.8. The van der Waals surface area contributed by atoms with E-state index in [1.165, 1.54) is 37.3 Å². The average molecular weight is 716 g/mol. The van der Waals surface area contributed by atoms with Crippen molar-refractivity contribution in [3.8, 4) is 17.4 Å². The number of ether oxygens (including phenoxy) is 3. The fraction of sp³-hybridized carbons (Fsp3) is 0.441. The predicted molar refractivity (Wildman–Crippen MR) is 177 cm³/mol. The molecule has 0 bridgehead atoms. The minimum atomic E-state index is -4.79. The van der Waals surface area contributed by atoms with E-state index in [2.05, 4.69) is 20.1 Å². The third-order valence-electron chi connectivity index (χ3n) is 9.56. The molecular formula is C34H39F2N5O8S. The molecule has 3 aliphatic heterocycles. The number of carbonyl (C=O) groups is 2. The van der Waals surface area contributed by atoms with Gasteiger partial charge in [0.1, 0.15) is 16.4 Å². The van der Waals surface area contributed by atoms with Gasteiger partial charge in [-0.05, 0) is 69.7 Å². The van der Waals surface area contributed by atoms with E-state index in [0.717, 1.165) is 38.1 Å². The highest BCUT2D eigenvalue weighted by Crippen LogP contribution is 2.48. The summed E-state index contributed by atoms with van der Waals surface area (Å²) >= 11 is 0. The monoisotopic (exact) mass is 715 g/mol. The summed E-state index contributed by atoms with van der Waals surface area (Å²) in [6.45, 7) is 3.89. The number of nitrogens with one attached hydrogen (secondary N) is 1. The lowest BCUT2D eigenvalue weighted by molar-refractivity contribution is -0.120. The molecule has 3 aromatic rings. The molecule has 3 unspecified atom stereocenters. The molecule has 2 fully saturated rings. The highest BCUT2D eigenvalue weighted by molar-refractivity contribution is 7.87. The van der Waals surface area contributed by atoms with Crippen LogP contribution >= 0.6 is 0 Å². The number of hydrogen-bond acceptors (Lipinski definition) is 11. The van der Waals surface area contributed by atoms with E-state index in [9.17, 15) is 26.8 Å². The van der Waals surface area contributed by atoms with Crippen LogP contribution in [0, 0.1) is 11.6 Å². The van der Waals surface area contributed by atoms with E-state index in [1.807, 2.05) is 7.05 Å². The van der Waals surface area contributed by atoms with Gasteiger partial charge in [0.2, 0.25) is 11.8 Å². The molecule has 2 amide bonds. The van der Waals surface area contributed by atoms with Crippen LogP contribution in [0.15, 0.2) is 53.6 Å². The second kappa shape index (κ2) is 14.4. The van der Waals surface area contributed by atoms with Crippen LogP contribution in [0.3, 0.4) is 0 Å². The summed E-state index contributed by atoms with van der Waals surface area (Å²) in [5, 5.41) is 2.64. The van der Waals surface area contributed by atoms with Gasteiger partial charge in [-0.2, -0.15) is 8.42 Å². The van der Waals surface area contributed by atoms with Gasteiger partial charge in [0.25, 0.3) is 0 Å². The number of piperazine rings is 1. The number of methoxy groups -OCH3 is 2. The Morgan fingerprint density at radius 2 is 1.74 bits per heavy atom. The number of pyridine rings is 1. The number of halogens is 2. The molecule has 1 N–H and O–H groups in total. The lowest BCUT2D eigenvalue weighted by atomic mass is 9.80. The molecule has 13 nitrogen and oxygen atoms in total. The molecule has 2 aromatic carbocycles. The molecular weight excluding hydrogens is 676 g/mol. The van der Waals surface area contributed by atoms with Gasteiger partial charge in [-0.3, -0.25) is 14.6 Å². The number of rotatable bonds is 9. The predicted octanol–water partition coefficient (Wildman–Crippen LogP) is 4.16. The molecule has 50 heavy (non-hydrogen) atoms. The number of likely N-dealkylation sites (tertiary alicyclic amines) is 1. The van der Waals surface area contributed by atoms with E-state index in [1.54, 1.807) is 25.3 Å². The molecule has 0 spiro atoms. The summed E-state index contributed by atoms with van der Waals surface area (Å²) < 4.78 is 78.3. The zero-order valence-electron chi connectivity index (χ0n) is 28.1. The van der Waals surface area contributed by atoms with E-state index in [0.29, 0.717) is 11.3 Å². The van der Waals surface area contributed by atoms with Crippen molar-refractivity contribution >= 4 is 27.8 Å². The Hall–Kier alpha value is -4.54. The Kier molecular flexibility index (Phi) is 10.1. The second-order valence-corrected chi connectivity index (χ2v) is 13.9. The van der Waals surface area contributed by atoms with E-state index in [-0.39, 0.29) is 48.6 Å². The van der Waals surface area contributed by atoms with Crippen LogP contribution in [0.5, 0.6) is 17.4 Å². The lowest BCUT2D eigenvalue weighted by Gasteiger charge is -2.52. The Morgan fingerprint density at radius 3 is 2.44 bits per heavy atom. The molecule has 0 saturated carbocycles. The van der Waals surface area contributed by atoms with Gasteiger partial charge in [-0.25, -0.2) is 18.6 Å². The SMILES string of the molecule is CCOc1ncccc1C1C(C2C(=O)Nc3cc(F)c(F)cc32)N(C(=O)OS(=O)(=O)c2ccc(OC)cc2OC)CCN1C1CCN(C)CC1. The smallest absolute Gasteiger partial charge is 0.426 e. The summed E-state index contributed by atoms with van der Waals surface area (Å²) in [6, 6.07) is 7.24. The Morgan fingerprint density at radius 1 is 1.00 bits per heavy atom. The van der Waals surface area contributed by atoms with Gasteiger partial charge < -0.3 is 28.6 Å². The number of hydrogen-bond donors (Lipinski definition) is 1. The minimum Gasteiger partial charge on any atom is -0.497 e. The maximum Gasteiger partial charge on any atom is 0.426 e. The molecule has 0 aliphatic carbocycles. The molecule has 4 heterocycles. The fourth-order valence-corrected chi connectivity index (χ4v) is 8.22.